The molecular weight excluding hydrogens is 276 g/mol. The molecule has 0 aromatic carbocycles. The van der Waals surface area contributed by atoms with E-state index in [0.717, 1.165) is 17.3 Å². The van der Waals surface area contributed by atoms with Crippen LogP contribution in [-0.2, 0) is 0 Å². The molecule has 2 N–H and O–H groups in total. The summed E-state index contributed by atoms with van der Waals surface area (Å²) in [6.45, 7) is 5.68. The number of hydrogen-bond acceptors (Lipinski definition) is 3. The molecule has 19 heavy (non-hydrogen) atoms. The molecule has 1 aliphatic rings. The Kier molecular flexibility index (Phi) is 5.70. The van der Waals surface area contributed by atoms with Crippen LogP contribution in [0.15, 0.2) is 12.1 Å². The average Bonchev–Trinajstić information content (AvgIpc) is 2.71. The van der Waals surface area contributed by atoms with Crippen molar-refractivity contribution in [3.63, 3.8) is 0 Å². The largest absolute Gasteiger partial charge is 0.326 e. The van der Waals surface area contributed by atoms with E-state index in [2.05, 4.69) is 24.8 Å². The minimum Gasteiger partial charge on any atom is -0.326 e. The molecule has 0 radical (unpaired) electrons. The lowest BCUT2D eigenvalue weighted by Gasteiger charge is -2.38. The summed E-state index contributed by atoms with van der Waals surface area (Å²) in [4.78, 5) is 3.94. The molecule has 2 rings (SSSR count). The number of nitrogens with two attached hydrogens (primary N) is 1. The van der Waals surface area contributed by atoms with Crippen molar-refractivity contribution in [1.82, 2.24) is 4.90 Å². The molecule has 1 saturated heterocycles. The highest BCUT2D eigenvalue weighted by Crippen LogP contribution is 2.36. The molecule has 1 aromatic rings. The third-order valence-corrected chi connectivity index (χ3v) is 5.53. The van der Waals surface area contributed by atoms with Gasteiger partial charge in [0.25, 0.3) is 0 Å². The Morgan fingerprint density at radius 2 is 2.21 bits per heavy atom. The van der Waals surface area contributed by atoms with Gasteiger partial charge in [-0.2, -0.15) is 0 Å². The van der Waals surface area contributed by atoms with E-state index in [0.29, 0.717) is 12.1 Å². The maximum Gasteiger partial charge on any atom is 0.0931 e. The van der Waals surface area contributed by atoms with Gasteiger partial charge in [0.15, 0.2) is 0 Å². The summed E-state index contributed by atoms with van der Waals surface area (Å²) in [6.07, 6.45) is 6.27. The van der Waals surface area contributed by atoms with E-state index >= 15 is 0 Å². The second-order valence-electron chi connectivity index (χ2n) is 5.59. The van der Waals surface area contributed by atoms with Crippen molar-refractivity contribution in [1.29, 1.82) is 0 Å². The van der Waals surface area contributed by atoms with Gasteiger partial charge in [-0.3, -0.25) is 4.90 Å². The summed E-state index contributed by atoms with van der Waals surface area (Å²) >= 11 is 7.80. The van der Waals surface area contributed by atoms with Gasteiger partial charge in [-0.1, -0.05) is 31.4 Å². The molecule has 0 aliphatic carbocycles. The lowest BCUT2D eigenvalue weighted by atomic mass is 10.0. The van der Waals surface area contributed by atoms with Crippen LogP contribution in [0.25, 0.3) is 0 Å². The number of nitrogens with zero attached hydrogens (tertiary/aromatic N) is 1. The fraction of sp³-hybridized carbons (Fsp3) is 0.733. The van der Waals surface area contributed by atoms with Crippen LogP contribution in [0.2, 0.25) is 4.34 Å². The quantitative estimate of drug-likeness (QED) is 0.890. The minimum absolute atomic E-state index is 0.190. The van der Waals surface area contributed by atoms with E-state index in [9.17, 15) is 0 Å². The van der Waals surface area contributed by atoms with Crippen LogP contribution in [0.1, 0.15) is 56.9 Å². The molecule has 1 aliphatic heterocycles. The fourth-order valence-corrected chi connectivity index (χ4v) is 4.30. The number of thiophene rings is 1. The van der Waals surface area contributed by atoms with Crippen LogP contribution in [0.4, 0.5) is 0 Å². The van der Waals surface area contributed by atoms with Crippen LogP contribution in [0.3, 0.4) is 0 Å². The predicted octanol–water partition coefficient (Wildman–Crippen LogP) is 4.44. The first-order chi connectivity index (χ1) is 9.13. The molecule has 4 heteroatoms. The summed E-state index contributed by atoms with van der Waals surface area (Å²) in [5, 5.41) is 0. The zero-order valence-corrected chi connectivity index (χ0v) is 13.5. The van der Waals surface area contributed by atoms with Gasteiger partial charge in [0.1, 0.15) is 0 Å². The lowest BCUT2D eigenvalue weighted by molar-refractivity contribution is 0.127. The van der Waals surface area contributed by atoms with E-state index < -0.39 is 0 Å². The topological polar surface area (TPSA) is 29.3 Å². The Balaban J connectivity index is 2.25. The van der Waals surface area contributed by atoms with Crippen molar-refractivity contribution in [2.75, 3.05) is 6.54 Å². The van der Waals surface area contributed by atoms with E-state index in [-0.39, 0.29) is 6.04 Å². The number of likely N-dealkylation sites (tertiary alicyclic amines) is 1. The molecule has 3 atom stereocenters. The van der Waals surface area contributed by atoms with Crippen molar-refractivity contribution < 1.29 is 0 Å². The van der Waals surface area contributed by atoms with Gasteiger partial charge < -0.3 is 5.73 Å². The molecule has 2 nitrogen and oxygen atoms in total. The van der Waals surface area contributed by atoms with Gasteiger partial charge in [-0.25, -0.2) is 0 Å². The maximum atomic E-state index is 6.42. The van der Waals surface area contributed by atoms with Crippen LogP contribution in [-0.4, -0.2) is 23.5 Å². The van der Waals surface area contributed by atoms with Crippen LogP contribution in [0, 0.1) is 0 Å². The first-order valence-corrected chi connectivity index (χ1v) is 8.59. The zero-order valence-electron chi connectivity index (χ0n) is 11.9. The average molecular weight is 301 g/mol. The summed E-state index contributed by atoms with van der Waals surface area (Å²) < 4.78 is 0.866. The van der Waals surface area contributed by atoms with Crippen LogP contribution >= 0.6 is 22.9 Å². The van der Waals surface area contributed by atoms with E-state index in [1.54, 1.807) is 11.3 Å². The smallest absolute Gasteiger partial charge is 0.0931 e. The van der Waals surface area contributed by atoms with Gasteiger partial charge >= 0.3 is 0 Å². The molecule has 2 heterocycles. The Labute approximate surface area is 125 Å². The Bertz CT molecular complexity index is 393. The van der Waals surface area contributed by atoms with Crippen LogP contribution < -0.4 is 5.73 Å². The molecule has 0 bridgehead atoms. The van der Waals surface area contributed by atoms with Crippen LogP contribution in [0.5, 0.6) is 0 Å². The molecule has 0 spiro atoms. The molecular formula is C15H25ClN2S. The SMILES string of the molecule is CCC(N)C(c1ccc(Cl)s1)N1CCCCCC1C. The number of rotatable bonds is 4. The van der Waals surface area contributed by atoms with E-state index in [1.165, 1.54) is 30.6 Å². The Morgan fingerprint density at radius 1 is 1.42 bits per heavy atom. The summed E-state index contributed by atoms with van der Waals surface area (Å²) in [5.41, 5.74) is 6.42. The van der Waals surface area contributed by atoms with Crippen molar-refractivity contribution in [2.45, 2.75) is 64.1 Å². The highest BCUT2D eigenvalue weighted by Gasteiger charge is 2.30. The second kappa shape index (κ2) is 7.07. The first kappa shape index (κ1) is 15.3. The van der Waals surface area contributed by atoms with Crippen molar-refractivity contribution in [3.05, 3.63) is 21.3 Å². The van der Waals surface area contributed by atoms with Gasteiger partial charge in [0.2, 0.25) is 0 Å². The molecule has 1 aromatic heterocycles. The summed E-state index contributed by atoms with van der Waals surface area (Å²) in [5.74, 6) is 0. The lowest BCUT2D eigenvalue weighted by Crippen LogP contribution is -2.44. The maximum absolute atomic E-state index is 6.42. The van der Waals surface area contributed by atoms with Gasteiger partial charge in [0, 0.05) is 17.0 Å². The van der Waals surface area contributed by atoms with Crippen molar-refractivity contribution >= 4 is 22.9 Å². The minimum atomic E-state index is 0.190. The van der Waals surface area contributed by atoms with E-state index in [4.69, 9.17) is 17.3 Å². The highest BCUT2D eigenvalue weighted by molar-refractivity contribution is 7.16. The standard InChI is InChI=1S/C15H25ClN2S/c1-3-12(17)15(13-8-9-14(16)19-13)18-10-6-4-5-7-11(18)2/h8-9,11-12,15H,3-7,10,17H2,1-2H3. The molecule has 3 unspecified atom stereocenters. The molecule has 0 saturated carbocycles. The Morgan fingerprint density at radius 3 is 2.84 bits per heavy atom. The highest BCUT2D eigenvalue weighted by atomic mass is 35.5. The fourth-order valence-electron chi connectivity index (χ4n) is 3.04. The monoisotopic (exact) mass is 300 g/mol. The zero-order chi connectivity index (χ0) is 13.8. The second-order valence-corrected chi connectivity index (χ2v) is 7.34. The molecule has 1 fully saturated rings. The summed E-state index contributed by atoms with van der Waals surface area (Å²) in [7, 11) is 0. The third-order valence-electron chi connectivity index (χ3n) is 4.22. The van der Waals surface area contributed by atoms with E-state index in [1.807, 2.05) is 6.07 Å². The first-order valence-electron chi connectivity index (χ1n) is 7.40. The normalized spacial score (nSPS) is 24.9. The predicted molar refractivity (Wildman–Crippen MR) is 85.0 cm³/mol. The van der Waals surface area contributed by atoms with Gasteiger partial charge in [-0.15, -0.1) is 11.3 Å². The summed E-state index contributed by atoms with van der Waals surface area (Å²) in [6, 6.07) is 5.29. The van der Waals surface area contributed by atoms with Gasteiger partial charge in [0.05, 0.1) is 10.4 Å². The molecule has 0 amide bonds. The number of hydrogen-bond donors (Lipinski definition) is 1. The molecule has 108 valence electrons. The van der Waals surface area contributed by atoms with Crippen molar-refractivity contribution in [3.8, 4) is 0 Å². The van der Waals surface area contributed by atoms with Crippen molar-refractivity contribution in [2.24, 2.45) is 5.73 Å². The third kappa shape index (κ3) is 3.72. The number of halogens is 1. The Hall–Kier alpha value is -0.0900. The van der Waals surface area contributed by atoms with Gasteiger partial charge in [-0.05, 0) is 44.9 Å².